The summed E-state index contributed by atoms with van der Waals surface area (Å²) in [5.41, 5.74) is -0.720. The van der Waals surface area contributed by atoms with Crippen LogP contribution in [0.5, 0.6) is 0 Å². The van der Waals surface area contributed by atoms with E-state index in [1.54, 1.807) is 6.92 Å². The molecule has 0 bridgehead atoms. The normalized spacial score (nSPS) is 24.3. The Kier molecular flexibility index (Phi) is 4.93. The van der Waals surface area contributed by atoms with Crippen LogP contribution >= 0.6 is 0 Å². The summed E-state index contributed by atoms with van der Waals surface area (Å²) in [6, 6.07) is -0.276. The quantitative estimate of drug-likeness (QED) is 0.521. The number of amides is 3. The summed E-state index contributed by atoms with van der Waals surface area (Å²) in [7, 11) is 0. The average molecular weight is 242 g/mol. The Hall–Kier alpha value is -1.10. The number of hydrogen-bond donors (Lipinski definition) is 2. The van der Waals surface area contributed by atoms with Crippen molar-refractivity contribution in [2.24, 2.45) is 0 Å². The fourth-order valence-corrected chi connectivity index (χ4v) is 1.93. The third kappa shape index (κ3) is 3.19. The molecule has 1 fully saturated rings. The predicted octanol–water partition coefficient (Wildman–Crippen LogP) is 1.26. The van der Waals surface area contributed by atoms with Crippen LogP contribution in [0.3, 0.4) is 0 Å². The van der Waals surface area contributed by atoms with E-state index in [0.717, 1.165) is 25.7 Å². The van der Waals surface area contributed by atoms with Crippen LogP contribution in [0.25, 0.3) is 0 Å². The second-order valence-electron chi connectivity index (χ2n) is 4.71. The lowest BCUT2D eigenvalue weighted by Gasteiger charge is -2.19. The lowest BCUT2D eigenvalue weighted by atomic mass is 9.99. The molecule has 1 rings (SSSR count). The molecule has 1 atom stereocenters. The van der Waals surface area contributed by atoms with Gasteiger partial charge in [-0.3, -0.25) is 9.69 Å². The fourth-order valence-electron chi connectivity index (χ4n) is 1.93. The summed E-state index contributed by atoms with van der Waals surface area (Å²) in [5, 5.41) is 11.4. The molecule has 98 valence electrons. The van der Waals surface area contributed by atoms with E-state index in [0.29, 0.717) is 13.0 Å². The monoisotopic (exact) mass is 242 g/mol. The number of nitrogens with zero attached hydrogens (tertiary/aromatic N) is 1. The van der Waals surface area contributed by atoms with E-state index in [-0.39, 0.29) is 18.5 Å². The molecular weight excluding hydrogens is 220 g/mol. The lowest BCUT2D eigenvalue weighted by Crippen LogP contribution is -2.43. The summed E-state index contributed by atoms with van der Waals surface area (Å²) in [6.45, 7) is 4.34. The molecular formula is C12H22N2O3. The van der Waals surface area contributed by atoms with Crippen LogP contribution in [0.15, 0.2) is 0 Å². The molecule has 2 N–H and O–H groups in total. The summed E-state index contributed by atoms with van der Waals surface area (Å²) >= 11 is 0. The van der Waals surface area contributed by atoms with E-state index < -0.39 is 5.54 Å². The Bertz CT molecular complexity index is 293. The largest absolute Gasteiger partial charge is 0.396 e. The molecule has 0 aromatic carbocycles. The number of aliphatic hydroxyl groups excluding tert-OH is 1. The smallest absolute Gasteiger partial charge is 0.325 e. The molecule has 17 heavy (non-hydrogen) atoms. The van der Waals surface area contributed by atoms with E-state index in [4.69, 9.17) is 5.11 Å². The standard InChI is InChI=1S/C12H22N2O3/c1-3-12(2)10(16)14(11(17)13-12)8-6-4-5-7-9-15/h15H,3-9H2,1-2H3,(H,13,17). The van der Waals surface area contributed by atoms with Gasteiger partial charge in [-0.15, -0.1) is 0 Å². The van der Waals surface area contributed by atoms with Crippen LogP contribution < -0.4 is 5.32 Å². The van der Waals surface area contributed by atoms with Gasteiger partial charge in [-0.2, -0.15) is 0 Å². The number of carbonyl (C=O) groups excluding carboxylic acids is 2. The molecule has 5 nitrogen and oxygen atoms in total. The topological polar surface area (TPSA) is 69.6 Å². The highest BCUT2D eigenvalue weighted by molar-refractivity contribution is 6.06. The van der Waals surface area contributed by atoms with Crippen molar-refractivity contribution in [1.82, 2.24) is 10.2 Å². The van der Waals surface area contributed by atoms with Crippen molar-refractivity contribution < 1.29 is 14.7 Å². The third-order valence-corrected chi connectivity index (χ3v) is 3.34. The molecule has 1 heterocycles. The van der Waals surface area contributed by atoms with Crippen molar-refractivity contribution in [2.75, 3.05) is 13.2 Å². The number of carbonyl (C=O) groups is 2. The van der Waals surface area contributed by atoms with E-state index in [9.17, 15) is 9.59 Å². The van der Waals surface area contributed by atoms with Gasteiger partial charge in [0, 0.05) is 13.2 Å². The second-order valence-corrected chi connectivity index (χ2v) is 4.71. The number of rotatable bonds is 7. The van der Waals surface area contributed by atoms with Gasteiger partial charge in [-0.1, -0.05) is 19.8 Å². The predicted molar refractivity (Wildman–Crippen MR) is 64.5 cm³/mol. The van der Waals surface area contributed by atoms with E-state index >= 15 is 0 Å². The summed E-state index contributed by atoms with van der Waals surface area (Å²) in [6.07, 6.45) is 4.07. The van der Waals surface area contributed by atoms with Crippen molar-refractivity contribution in [3.63, 3.8) is 0 Å². The Morgan fingerprint density at radius 2 is 1.88 bits per heavy atom. The summed E-state index contributed by atoms with van der Waals surface area (Å²) in [5.74, 6) is -0.118. The number of urea groups is 1. The van der Waals surface area contributed by atoms with Gasteiger partial charge in [-0.25, -0.2) is 4.79 Å². The van der Waals surface area contributed by atoms with Gasteiger partial charge in [0.25, 0.3) is 5.91 Å². The summed E-state index contributed by atoms with van der Waals surface area (Å²) in [4.78, 5) is 24.9. The van der Waals surface area contributed by atoms with Crippen LogP contribution in [-0.2, 0) is 4.79 Å². The van der Waals surface area contributed by atoms with Crippen molar-refractivity contribution in [2.45, 2.75) is 51.5 Å². The van der Waals surface area contributed by atoms with Crippen molar-refractivity contribution in [3.8, 4) is 0 Å². The molecule has 3 amide bonds. The van der Waals surface area contributed by atoms with Gasteiger partial charge >= 0.3 is 6.03 Å². The highest BCUT2D eigenvalue weighted by atomic mass is 16.3. The molecule has 1 saturated heterocycles. The lowest BCUT2D eigenvalue weighted by molar-refractivity contribution is -0.130. The number of hydrogen-bond acceptors (Lipinski definition) is 3. The van der Waals surface area contributed by atoms with Crippen molar-refractivity contribution in [3.05, 3.63) is 0 Å². The maximum absolute atomic E-state index is 12.0. The first-order chi connectivity index (χ1) is 8.05. The van der Waals surface area contributed by atoms with Gasteiger partial charge in [0.2, 0.25) is 0 Å². The highest BCUT2D eigenvalue weighted by Gasteiger charge is 2.45. The summed E-state index contributed by atoms with van der Waals surface area (Å²) < 4.78 is 0. The Balaban J connectivity index is 2.39. The fraction of sp³-hybridized carbons (Fsp3) is 0.833. The zero-order chi connectivity index (χ0) is 12.9. The molecule has 0 aromatic heterocycles. The van der Waals surface area contributed by atoms with Gasteiger partial charge in [0.15, 0.2) is 0 Å². The van der Waals surface area contributed by atoms with E-state index in [1.165, 1.54) is 4.90 Å². The molecule has 0 radical (unpaired) electrons. The maximum Gasteiger partial charge on any atom is 0.325 e. The number of nitrogens with one attached hydrogen (secondary N) is 1. The zero-order valence-electron chi connectivity index (χ0n) is 10.7. The highest BCUT2D eigenvalue weighted by Crippen LogP contribution is 2.21. The van der Waals surface area contributed by atoms with Crippen LogP contribution in [0.1, 0.15) is 46.0 Å². The van der Waals surface area contributed by atoms with Crippen LogP contribution in [0, 0.1) is 0 Å². The average Bonchev–Trinajstić information content (AvgIpc) is 2.52. The molecule has 0 aromatic rings. The molecule has 0 spiro atoms. The number of aliphatic hydroxyl groups is 1. The first kappa shape index (κ1) is 14.0. The minimum absolute atomic E-state index is 0.118. The van der Waals surface area contributed by atoms with Crippen molar-refractivity contribution in [1.29, 1.82) is 0 Å². The van der Waals surface area contributed by atoms with Gasteiger partial charge in [0.05, 0.1) is 0 Å². The van der Waals surface area contributed by atoms with Crippen LogP contribution in [-0.4, -0.2) is 40.6 Å². The van der Waals surface area contributed by atoms with E-state index in [2.05, 4.69) is 5.32 Å². The van der Waals surface area contributed by atoms with Gasteiger partial charge < -0.3 is 10.4 Å². The minimum atomic E-state index is -0.720. The molecule has 0 saturated carbocycles. The molecule has 1 unspecified atom stereocenters. The molecule has 5 heteroatoms. The van der Waals surface area contributed by atoms with Crippen LogP contribution in [0.2, 0.25) is 0 Å². The molecule has 1 aliphatic rings. The SMILES string of the molecule is CCC1(C)NC(=O)N(CCCCCCO)C1=O. The number of imide groups is 1. The molecule has 1 aliphatic heterocycles. The molecule has 0 aliphatic carbocycles. The van der Waals surface area contributed by atoms with Crippen LogP contribution in [0.4, 0.5) is 4.79 Å². The number of unbranched alkanes of at least 4 members (excludes halogenated alkanes) is 3. The third-order valence-electron chi connectivity index (χ3n) is 3.34. The first-order valence-corrected chi connectivity index (χ1v) is 6.30. The Morgan fingerprint density at radius 1 is 1.24 bits per heavy atom. The zero-order valence-corrected chi connectivity index (χ0v) is 10.7. The second kappa shape index (κ2) is 6.00. The minimum Gasteiger partial charge on any atom is -0.396 e. The first-order valence-electron chi connectivity index (χ1n) is 6.30. The Morgan fingerprint density at radius 3 is 2.41 bits per heavy atom. The van der Waals surface area contributed by atoms with Crippen molar-refractivity contribution >= 4 is 11.9 Å². The van der Waals surface area contributed by atoms with E-state index in [1.807, 2.05) is 6.92 Å². The Labute approximate surface area is 102 Å². The van der Waals surface area contributed by atoms with Gasteiger partial charge in [0.1, 0.15) is 5.54 Å². The van der Waals surface area contributed by atoms with Gasteiger partial charge in [-0.05, 0) is 26.2 Å². The maximum atomic E-state index is 12.0.